The van der Waals surface area contributed by atoms with Crippen LogP contribution in [0.2, 0.25) is 5.02 Å². The SMILES string of the molecule is O=[N+]([O-])c1cc(Cl)ccc1S(=O)(=O)N1CCN(S(=O)(=O)c2ccc3c(c2)CCCC3)CC1. The van der Waals surface area contributed by atoms with Gasteiger partial charge in [-0.2, -0.15) is 8.61 Å². The summed E-state index contributed by atoms with van der Waals surface area (Å²) in [7, 11) is -7.96. The molecule has 1 saturated heterocycles. The quantitative estimate of drug-likeness (QED) is 0.461. The van der Waals surface area contributed by atoms with Crippen molar-refractivity contribution in [2.24, 2.45) is 0 Å². The number of nitro benzene ring substituents is 1. The van der Waals surface area contributed by atoms with Gasteiger partial charge in [-0.05, 0) is 61.1 Å². The highest BCUT2D eigenvalue weighted by Crippen LogP contribution is 2.31. The number of rotatable bonds is 5. The normalized spacial score (nSPS) is 18.3. The van der Waals surface area contributed by atoms with Crippen LogP contribution in [-0.4, -0.2) is 56.5 Å². The van der Waals surface area contributed by atoms with E-state index in [-0.39, 0.29) is 36.1 Å². The van der Waals surface area contributed by atoms with E-state index in [1.807, 2.05) is 6.07 Å². The Labute approximate surface area is 191 Å². The molecule has 2 aromatic rings. The van der Waals surface area contributed by atoms with Crippen LogP contribution >= 0.6 is 11.6 Å². The van der Waals surface area contributed by atoms with E-state index < -0.39 is 35.6 Å². The van der Waals surface area contributed by atoms with E-state index in [2.05, 4.69) is 0 Å². The molecule has 2 aromatic carbocycles. The van der Waals surface area contributed by atoms with Crippen molar-refractivity contribution in [3.63, 3.8) is 0 Å². The molecule has 1 fully saturated rings. The molecule has 1 heterocycles. The molecule has 2 aliphatic rings. The molecule has 0 radical (unpaired) electrons. The summed E-state index contributed by atoms with van der Waals surface area (Å²) in [5.41, 5.74) is 1.62. The van der Waals surface area contributed by atoms with Crippen LogP contribution in [0.1, 0.15) is 24.0 Å². The van der Waals surface area contributed by atoms with Gasteiger partial charge in [0.15, 0.2) is 4.90 Å². The molecule has 0 unspecified atom stereocenters. The molecule has 1 aliphatic heterocycles. The molecule has 32 heavy (non-hydrogen) atoms. The third-order valence-electron chi connectivity index (χ3n) is 5.89. The molecule has 0 atom stereocenters. The van der Waals surface area contributed by atoms with Crippen LogP contribution in [-0.2, 0) is 32.9 Å². The molecular formula is C20H22ClN3O6S2. The summed E-state index contributed by atoms with van der Waals surface area (Å²) in [5, 5.41) is 11.4. The molecule has 12 heteroatoms. The Morgan fingerprint density at radius 1 is 0.812 bits per heavy atom. The molecule has 9 nitrogen and oxygen atoms in total. The predicted octanol–water partition coefficient (Wildman–Crippen LogP) is 2.82. The zero-order valence-corrected chi connectivity index (χ0v) is 19.5. The molecule has 1 aliphatic carbocycles. The molecule has 0 bridgehead atoms. The lowest BCUT2D eigenvalue weighted by Crippen LogP contribution is -2.50. The fraction of sp³-hybridized carbons (Fsp3) is 0.400. The minimum Gasteiger partial charge on any atom is -0.258 e. The van der Waals surface area contributed by atoms with Gasteiger partial charge in [-0.1, -0.05) is 17.7 Å². The highest BCUT2D eigenvalue weighted by atomic mass is 35.5. The fourth-order valence-corrected chi connectivity index (χ4v) is 7.36. The first-order valence-corrected chi connectivity index (χ1v) is 13.4. The average Bonchev–Trinajstić information content (AvgIpc) is 2.78. The van der Waals surface area contributed by atoms with Gasteiger partial charge >= 0.3 is 0 Å². The number of nitrogens with zero attached hydrogens (tertiary/aromatic N) is 3. The minimum atomic E-state index is -4.19. The van der Waals surface area contributed by atoms with Gasteiger partial charge in [0.2, 0.25) is 20.0 Å². The van der Waals surface area contributed by atoms with Gasteiger partial charge in [0, 0.05) is 37.3 Å². The number of aryl methyl sites for hydroxylation is 2. The van der Waals surface area contributed by atoms with E-state index in [0.29, 0.717) is 0 Å². The fourth-order valence-electron chi connectivity index (χ4n) is 4.16. The lowest BCUT2D eigenvalue weighted by atomic mass is 9.92. The zero-order valence-electron chi connectivity index (χ0n) is 17.1. The van der Waals surface area contributed by atoms with Crippen molar-refractivity contribution in [3.8, 4) is 0 Å². The predicted molar refractivity (Wildman–Crippen MR) is 119 cm³/mol. The first kappa shape index (κ1) is 23.1. The summed E-state index contributed by atoms with van der Waals surface area (Å²) < 4.78 is 54.6. The minimum absolute atomic E-state index is 0.0416. The Morgan fingerprint density at radius 3 is 2.03 bits per heavy atom. The van der Waals surface area contributed by atoms with Crippen LogP contribution in [0, 0.1) is 10.1 Å². The van der Waals surface area contributed by atoms with Gasteiger partial charge in [-0.3, -0.25) is 10.1 Å². The highest BCUT2D eigenvalue weighted by molar-refractivity contribution is 7.89. The van der Waals surface area contributed by atoms with Gasteiger partial charge in [-0.25, -0.2) is 16.8 Å². The van der Waals surface area contributed by atoms with Crippen molar-refractivity contribution in [2.45, 2.75) is 35.5 Å². The monoisotopic (exact) mass is 499 g/mol. The van der Waals surface area contributed by atoms with E-state index >= 15 is 0 Å². The van der Waals surface area contributed by atoms with Gasteiger partial charge in [0.05, 0.1) is 9.82 Å². The largest absolute Gasteiger partial charge is 0.290 e. The number of halogens is 1. The third-order valence-corrected chi connectivity index (χ3v) is 9.97. The first-order valence-electron chi connectivity index (χ1n) is 10.2. The van der Waals surface area contributed by atoms with Crippen LogP contribution in [0.5, 0.6) is 0 Å². The van der Waals surface area contributed by atoms with Crippen molar-refractivity contribution in [1.29, 1.82) is 0 Å². The maximum atomic E-state index is 13.1. The van der Waals surface area contributed by atoms with Crippen LogP contribution in [0.15, 0.2) is 46.2 Å². The number of benzene rings is 2. The van der Waals surface area contributed by atoms with Crippen molar-refractivity contribution >= 4 is 37.3 Å². The first-order chi connectivity index (χ1) is 15.1. The van der Waals surface area contributed by atoms with Crippen LogP contribution in [0.3, 0.4) is 0 Å². The summed E-state index contributed by atoms with van der Waals surface area (Å²) in [6.07, 6.45) is 3.93. The van der Waals surface area contributed by atoms with Crippen LogP contribution in [0.25, 0.3) is 0 Å². The third kappa shape index (κ3) is 4.27. The second-order valence-electron chi connectivity index (χ2n) is 7.81. The number of fused-ring (bicyclic) bond motifs is 1. The Hall–Kier alpha value is -2.05. The highest BCUT2D eigenvalue weighted by Gasteiger charge is 2.37. The van der Waals surface area contributed by atoms with E-state index in [1.165, 1.54) is 15.9 Å². The maximum Gasteiger partial charge on any atom is 0.290 e. The molecule has 4 rings (SSSR count). The number of hydrogen-bond donors (Lipinski definition) is 0. The molecular weight excluding hydrogens is 478 g/mol. The zero-order chi connectivity index (χ0) is 23.1. The Balaban J connectivity index is 1.53. The molecule has 0 spiro atoms. The maximum absolute atomic E-state index is 13.1. The molecule has 0 N–H and O–H groups in total. The smallest absolute Gasteiger partial charge is 0.258 e. The van der Waals surface area contributed by atoms with Crippen molar-refractivity contribution in [1.82, 2.24) is 8.61 Å². The Morgan fingerprint density at radius 2 is 1.41 bits per heavy atom. The van der Waals surface area contributed by atoms with Crippen LogP contribution < -0.4 is 0 Å². The van der Waals surface area contributed by atoms with Crippen molar-refractivity contribution in [3.05, 3.63) is 62.7 Å². The summed E-state index contributed by atoms with van der Waals surface area (Å²) in [4.78, 5) is 10.3. The second kappa shape index (κ2) is 8.71. The lowest BCUT2D eigenvalue weighted by Gasteiger charge is -2.33. The summed E-state index contributed by atoms with van der Waals surface area (Å²) >= 11 is 5.78. The Bertz CT molecular complexity index is 1270. The second-order valence-corrected chi connectivity index (χ2v) is 12.1. The van der Waals surface area contributed by atoms with Crippen molar-refractivity contribution in [2.75, 3.05) is 26.2 Å². The molecule has 172 valence electrons. The van der Waals surface area contributed by atoms with Gasteiger partial charge < -0.3 is 0 Å². The van der Waals surface area contributed by atoms with Gasteiger partial charge in [-0.15, -0.1) is 0 Å². The lowest BCUT2D eigenvalue weighted by molar-refractivity contribution is -0.387. The number of nitro groups is 1. The number of sulfonamides is 2. The van der Waals surface area contributed by atoms with E-state index in [4.69, 9.17) is 11.6 Å². The topological polar surface area (TPSA) is 118 Å². The standard InChI is InChI=1S/C20H22ClN3O6S2/c21-17-6-8-20(19(14-17)24(25)26)32(29,30)23-11-9-22(10-12-23)31(27,28)18-7-5-15-3-1-2-4-16(15)13-18/h5-8,13-14H,1-4,9-12H2. The van der Waals surface area contributed by atoms with Gasteiger partial charge in [0.25, 0.3) is 5.69 Å². The number of hydrogen-bond acceptors (Lipinski definition) is 6. The van der Waals surface area contributed by atoms with Gasteiger partial charge in [0.1, 0.15) is 0 Å². The van der Waals surface area contributed by atoms with E-state index in [0.717, 1.165) is 47.7 Å². The number of piperazine rings is 1. The van der Waals surface area contributed by atoms with Crippen molar-refractivity contribution < 1.29 is 21.8 Å². The summed E-state index contributed by atoms with van der Waals surface area (Å²) in [6.45, 7) is -0.293. The van der Waals surface area contributed by atoms with Crippen LogP contribution in [0.4, 0.5) is 5.69 Å². The Kier molecular flexibility index (Phi) is 6.29. The molecule has 0 aromatic heterocycles. The molecule has 0 saturated carbocycles. The van der Waals surface area contributed by atoms with E-state index in [9.17, 15) is 26.9 Å². The summed E-state index contributed by atoms with van der Waals surface area (Å²) in [6, 6.07) is 8.57. The van der Waals surface area contributed by atoms with E-state index in [1.54, 1.807) is 12.1 Å². The summed E-state index contributed by atoms with van der Waals surface area (Å²) in [5.74, 6) is 0. The molecule has 0 amide bonds. The average molecular weight is 500 g/mol.